The van der Waals surface area contributed by atoms with E-state index in [1.807, 2.05) is 0 Å². The van der Waals surface area contributed by atoms with Crippen molar-refractivity contribution < 1.29 is 4.79 Å². The minimum Gasteiger partial charge on any atom is -0.364 e. The predicted molar refractivity (Wildman–Crippen MR) is 58.3 cm³/mol. The molecule has 0 atom stereocenters. The summed E-state index contributed by atoms with van der Waals surface area (Å²) in [5.74, 6) is 0.407. The molecule has 0 aliphatic heterocycles. The van der Waals surface area contributed by atoms with Gasteiger partial charge in [-0.1, -0.05) is 11.6 Å². The van der Waals surface area contributed by atoms with Crippen LogP contribution < -0.4 is 5.32 Å². The highest BCUT2D eigenvalue weighted by molar-refractivity contribution is 6.32. The van der Waals surface area contributed by atoms with Gasteiger partial charge < -0.3 is 10.3 Å². The molecule has 0 saturated carbocycles. The zero-order valence-corrected chi connectivity index (χ0v) is 8.90. The fraction of sp³-hybridized carbons (Fsp3) is 0.111. The van der Waals surface area contributed by atoms with Crippen molar-refractivity contribution in [2.45, 2.75) is 6.54 Å². The number of carbonyl (C=O) groups excluding carboxylic acids is 1. The molecule has 0 saturated heterocycles. The normalized spacial score (nSPS) is 10.1. The first-order chi connectivity index (χ1) is 7.81. The van der Waals surface area contributed by atoms with E-state index in [1.54, 1.807) is 12.5 Å². The van der Waals surface area contributed by atoms with E-state index in [0.29, 0.717) is 18.6 Å². The summed E-state index contributed by atoms with van der Waals surface area (Å²) in [7, 11) is 0. The molecule has 2 aromatic rings. The SMILES string of the molecule is O=Cc1c(Cl)ncnc1NCc1cnc[nH]1. The maximum atomic E-state index is 10.8. The van der Waals surface area contributed by atoms with Crippen LogP contribution >= 0.6 is 11.6 Å². The number of hydrogen-bond acceptors (Lipinski definition) is 5. The van der Waals surface area contributed by atoms with Gasteiger partial charge in [0.15, 0.2) is 6.29 Å². The lowest BCUT2D eigenvalue weighted by Crippen LogP contribution is -2.05. The van der Waals surface area contributed by atoms with Gasteiger partial charge in [0, 0.05) is 6.20 Å². The van der Waals surface area contributed by atoms with Gasteiger partial charge in [-0.3, -0.25) is 4.79 Å². The van der Waals surface area contributed by atoms with E-state index in [0.717, 1.165) is 5.69 Å². The molecule has 2 heterocycles. The third-order valence-electron chi connectivity index (χ3n) is 1.95. The smallest absolute Gasteiger partial charge is 0.156 e. The Labute approximate surface area is 96.1 Å². The lowest BCUT2D eigenvalue weighted by Gasteiger charge is -2.06. The van der Waals surface area contributed by atoms with Crippen molar-refractivity contribution in [2.75, 3.05) is 5.32 Å². The molecule has 0 radical (unpaired) electrons. The molecular formula is C9H8ClN5O. The van der Waals surface area contributed by atoms with Crippen LogP contribution in [0.5, 0.6) is 0 Å². The van der Waals surface area contributed by atoms with Crippen molar-refractivity contribution >= 4 is 23.7 Å². The zero-order valence-electron chi connectivity index (χ0n) is 8.14. The third kappa shape index (κ3) is 2.17. The quantitative estimate of drug-likeness (QED) is 0.618. The summed E-state index contributed by atoms with van der Waals surface area (Å²) in [6.45, 7) is 0.480. The van der Waals surface area contributed by atoms with Gasteiger partial charge in [0.2, 0.25) is 0 Å². The Morgan fingerprint density at radius 2 is 2.38 bits per heavy atom. The van der Waals surface area contributed by atoms with Gasteiger partial charge in [0.25, 0.3) is 0 Å². The van der Waals surface area contributed by atoms with Crippen LogP contribution in [0.25, 0.3) is 0 Å². The number of anilines is 1. The molecule has 16 heavy (non-hydrogen) atoms. The summed E-state index contributed by atoms with van der Waals surface area (Å²) < 4.78 is 0. The molecular weight excluding hydrogens is 230 g/mol. The Morgan fingerprint density at radius 3 is 3.06 bits per heavy atom. The summed E-state index contributed by atoms with van der Waals surface area (Å²) >= 11 is 5.75. The number of halogens is 1. The van der Waals surface area contributed by atoms with E-state index in [4.69, 9.17) is 11.6 Å². The summed E-state index contributed by atoms with van der Waals surface area (Å²) in [6.07, 6.45) is 5.17. The van der Waals surface area contributed by atoms with Crippen molar-refractivity contribution in [3.05, 3.63) is 35.3 Å². The third-order valence-corrected chi connectivity index (χ3v) is 2.26. The van der Waals surface area contributed by atoms with Gasteiger partial charge in [-0.25, -0.2) is 15.0 Å². The predicted octanol–water partition coefficient (Wildman–Crippen LogP) is 1.28. The average Bonchev–Trinajstić information content (AvgIpc) is 2.79. The van der Waals surface area contributed by atoms with Crippen molar-refractivity contribution in [3.8, 4) is 0 Å². The number of imidazole rings is 1. The maximum absolute atomic E-state index is 10.8. The first-order valence-corrected chi connectivity index (χ1v) is 4.86. The van der Waals surface area contributed by atoms with Crippen LogP contribution in [0.2, 0.25) is 5.15 Å². The zero-order chi connectivity index (χ0) is 11.4. The molecule has 7 heteroatoms. The summed E-state index contributed by atoms with van der Waals surface area (Å²) in [5, 5.41) is 3.11. The van der Waals surface area contributed by atoms with Crippen molar-refractivity contribution in [2.24, 2.45) is 0 Å². The van der Waals surface area contributed by atoms with E-state index in [9.17, 15) is 4.79 Å². The van der Waals surface area contributed by atoms with Crippen LogP contribution in [0, 0.1) is 0 Å². The number of aldehydes is 1. The minimum atomic E-state index is 0.136. The molecule has 2 N–H and O–H groups in total. The number of H-pyrrole nitrogens is 1. The Balaban J connectivity index is 2.15. The Kier molecular flexibility index (Phi) is 3.11. The highest BCUT2D eigenvalue weighted by Gasteiger charge is 2.08. The van der Waals surface area contributed by atoms with Crippen molar-refractivity contribution in [3.63, 3.8) is 0 Å². The molecule has 0 amide bonds. The Hall–Kier alpha value is -1.95. The molecule has 0 fully saturated rings. The number of nitrogens with one attached hydrogen (secondary N) is 2. The first kappa shape index (κ1) is 10.6. The van der Waals surface area contributed by atoms with Gasteiger partial charge in [-0.15, -0.1) is 0 Å². The van der Waals surface area contributed by atoms with Gasteiger partial charge in [0.05, 0.1) is 24.1 Å². The van der Waals surface area contributed by atoms with Crippen LogP contribution in [0.1, 0.15) is 16.1 Å². The van der Waals surface area contributed by atoms with Crippen LogP contribution in [0.3, 0.4) is 0 Å². The fourth-order valence-electron chi connectivity index (χ4n) is 1.18. The Morgan fingerprint density at radius 1 is 1.50 bits per heavy atom. The van der Waals surface area contributed by atoms with Gasteiger partial charge in [-0.05, 0) is 0 Å². The molecule has 0 aliphatic rings. The number of nitrogens with zero attached hydrogens (tertiary/aromatic N) is 3. The molecule has 0 bridgehead atoms. The molecule has 2 aromatic heterocycles. The molecule has 0 spiro atoms. The van der Waals surface area contributed by atoms with Crippen molar-refractivity contribution in [1.29, 1.82) is 0 Å². The van der Waals surface area contributed by atoms with Crippen molar-refractivity contribution in [1.82, 2.24) is 19.9 Å². The van der Waals surface area contributed by atoms with E-state index < -0.39 is 0 Å². The van der Waals surface area contributed by atoms with E-state index in [-0.39, 0.29) is 10.7 Å². The van der Waals surface area contributed by atoms with Crippen LogP contribution in [-0.4, -0.2) is 26.2 Å². The lowest BCUT2D eigenvalue weighted by atomic mass is 10.3. The van der Waals surface area contributed by atoms with E-state index in [2.05, 4.69) is 25.3 Å². The largest absolute Gasteiger partial charge is 0.364 e. The number of carbonyl (C=O) groups is 1. The topological polar surface area (TPSA) is 83.6 Å². The first-order valence-electron chi connectivity index (χ1n) is 4.48. The number of hydrogen-bond donors (Lipinski definition) is 2. The molecule has 6 nitrogen and oxygen atoms in total. The monoisotopic (exact) mass is 237 g/mol. The van der Waals surface area contributed by atoms with Gasteiger partial charge in [0.1, 0.15) is 17.3 Å². The summed E-state index contributed by atoms with van der Waals surface area (Å²) in [5.41, 5.74) is 1.13. The number of aromatic nitrogens is 4. The second kappa shape index (κ2) is 4.71. The van der Waals surface area contributed by atoms with Gasteiger partial charge >= 0.3 is 0 Å². The number of aromatic amines is 1. The summed E-state index contributed by atoms with van der Waals surface area (Å²) in [6, 6.07) is 0. The fourth-order valence-corrected chi connectivity index (χ4v) is 1.36. The second-order valence-corrected chi connectivity index (χ2v) is 3.33. The van der Waals surface area contributed by atoms with Crippen LogP contribution in [0.4, 0.5) is 5.82 Å². The Bertz CT molecular complexity index is 485. The molecule has 2 rings (SSSR count). The molecule has 0 aromatic carbocycles. The average molecular weight is 238 g/mol. The van der Waals surface area contributed by atoms with Crippen LogP contribution in [-0.2, 0) is 6.54 Å². The van der Waals surface area contributed by atoms with E-state index >= 15 is 0 Å². The summed E-state index contributed by atoms with van der Waals surface area (Å²) in [4.78, 5) is 25.2. The highest BCUT2D eigenvalue weighted by Crippen LogP contribution is 2.17. The molecule has 0 unspecified atom stereocenters. The van der Waals surface area contributed by atoms with Gasteiger partial charge in [-0.2, -0.15) is 0 Å². The molecule has 82 valence electrons. The van der Waals surface area contributed by atoms with Crippen LogP contribution in [0.15, 0.2) is 18.9 Å². The highest BCUT2D eigenvalue weighted by atomic mass is 35.5. The lowest BCUT2D eigenvalue weighted by molar-refractivity contribution is 0.112. The minimum absolute atomic E-state index is 0.136. The molecule has 0 aliphatic carbocycles. The number of rotatable bonds is 4. The maximum Gasteiger partial charge on any atom is 0.156 e. The second-order valence-electron chi connectivity index (χ2n) is 2.98. The van der Waals surface area contributed by atoms with E-state index in [1.165, 1.54) is 6.33 Å². The standard InChI is InChI=1S/C9H8ClN5O/c10-8-7(3-16)9(15-5-14-8)12-2-6-1-11-4-13-6/h1,3-5H,2H2,(H,11,13)(H,12,14,15).